The van der Waals surface area contributed by atoms with Crippen molar-refractivity contribution < 1.29 is 14.3 Å². The molecule has 0 bridgehead atoms. The molecule has 0 fully saturated rings. The SMILES string of the molecule is Cc1ccc(OCC(=O)Nc2sc3c(c2C(N)=O)CCC3)c(C(C)(C)C)c1. The fourth-order valence-electron chi connectivity index (χ4n) is 3.41. The summed E-state index contributed by atoms with van der Waals surface area (Å²) in [4.78, 5) is 25.4. The van der Waals surface area contributed by atoms with E-state index in [9.17, 15) is 9.59 Å². The molecule has 1 aromatic carbocycles. The maximum absolute atomic E-state index is 12.4. The van der Waals surface area contributed by atoms with Gasteiger partial charge in [-0.15, -0.1) is 11.3 Å². The molecule has 2 amide bonds. The molecule has 1 aromatic heterocycles. The molecular weight excluding hydrogens is 360 g/mol. The predicted molar refractivity (Wildman–Crippen MR) is 109 cm³/mol. The quantitative estimate of drug-likeness (QED) is 0.816. The number of anilines is 1. The Morgan fingerprint density at radius 3 is 2.67 bits per heavy atom. The number of thiophene rings is 1. The fourth-order valence-corrected chi connectivity index (χ4v) is 4.73. The zero-order valence-corrected chi connectivity index (χ0v) is 17.1. The van der Waals surface area contributed by atoms with Crippen molar-refractivity contribution in [1.82, 2.24) is 0 Å². The molecule has 1 heterocycles. The molecule has 0 unspecified atom stereocenters. The van der Waals surface area contributed by atoms with E-state index < -0.39 is 5.91 Å². The summed E-state index contributed by atoms with van der Waals surface area (Å²) in [7, 11) is 0. The summed E-state index contributed by atoms with van der Waals surface area (Å²) >= 11 is 1.45. The Morgan fingerprint density at radius 1 is 1.26 bits per heavy atom. The van der Waals surface area contributed by atoms with E-state index in [4.69, 9.17) is 10.5 Å². The van der Waals surface area contributed by atoms with Crippen LogP contribution in [0.25, 0.3) is 0 Å². The minimum absolute atomic E-state index is 0.0917. The second-order valence-corrected chi connectivity index (χ2v) is 9.12. The molecule has 1 aliphatic rings. The molecule has 3 rings (SSSR count). The van der Waals surface area contributed by atoms with Gasteiger partial charge in [0.2, 0.25) is 0 Å². The van der Waals surface area contributed by atoms with Crippen molar-refractivity contribution in [3.8, 4) is 5.75 Å². The maximum atomic E-state index is 12.4. The van der Waals surface area contributed by atoms with Crippen molar-refractivity contribution in [1.29, 1.82) is 0 Å². The Kier molecular flexibility index (Phi) is 5.29. The first-order valence-electron chi connectivity index (χ1n) is 9.15. The van der Waals surface area contributed by atoms with Crippen molar-refractivity contribution in [3.05, 3.63) is 45.3 Å². The second kappa shape index (κ2) is 7.35. The van der Waals surface area contributed by atoms with Crippen LogP contribution >= 0.6 is 11.3 Å². The Labute approximate surface area is 163 Å². The standard InChI is InChI=1S/C21H26N2O3S/c1-12-8-9-15(14(10-12)21(2,3)4)26-11-17(24)23-20-18(19(22)25)13-6-5-7-16(13)27-20/h8-10H,5-7,11H2,1-4H3,(H2,22,25)(H,23,24). The van der Waals surface area contributed by atoms with Gasteiger partial charge in [0.15, 0.2) is 6.61 Å². The van der Waals surface area contributed by atoms with Crippen LogP contribution < -0.4 is 15.8 Å². The topological polar surface area (TPSA) is 81.4 Å². The number of ether oxygens (including phenoxy) is 1. The van der Waals surface area contributed by atoms with E-state index in [1.165, 1.54) is 11.3 Å². The lowest BCUT2D eigenvalue weighted by Crippen LogP contribution is -2.23. The summed E-state index contributed by atoms with van der Waals surface area (Å²) < 4.78 is 5.81. The monoisotopic (exact) mass is 386 g/mol. The first kappa shape index (κ1) is 19.4. The van der Waals surface area contributed by atoms with Crippen molar-refractivity contribution in [2.24, 2.45) is 5.73 Å². The van der Waals surface area contributed by atoms with Crippen molar-refractivity contribution in [3.63, 3.8) is 0 Å². The fraction of sp³-hybridized carbons (Fsp3) is 0.429. The highest BCUT2D eigenvalue weighted by Crippen LogP contribution is 2.39. The van der Waals surface area contributed by atoms with E-state index in [0.29, 0.717) is 16.3 Å². The molecule has 1 aliphatic carbocycles. The zero-order valence-electron chi connectivity index (χ0n) is 16.3. The van der Waals surface area contributed by atoms with E-state index in [-0.39, 0.29) is 17.9 Å². The van der Waals surface area contributed by atoms with Gasteiger partial charge in [0.05, 0.1) is 5.56 Å². The number of aryl methyl sites for hydroxylation is 2. The molecule has 5 nitrogen and oxygen atoms in total. The summed E-state index contributed by atoms with van der Waals surface area (Å²) in [5, 5.41) is 3.36. The van der Waals surface area contributed by atoms with Gasteiger partial charge < -0.3 is 15.8 Å². The number of amides is 2. The summed E-state index contributed by atoms with van der Waals surface area (Å²) in [6.45, 7) is 8.25. The maximum Gasteiger partial charge on any atom is 0.262 e. The van der Waals surface area contributed by atoms with Crippen molar-refractivity contribution in [2.75, 3.05) is 11.9 Å². The first-order chi connectivity index (χ1) is 12.7. The number of fused-ring (bicyclic) bond motifs is 1. The minimum atomic E-state index is -0.487. The Hall–Kier alpha value is -2.34. The average molecular weight is 387 g/mol. The Morgan fingerprint density at radius 2 is 2.00 bits per heavy atom. The van der Waals surface area contributed by atoms with Crippen LogP contribution in [0.2, 0.25) is 0 Å². The molecule has 0 aliphatic heterocycles. The van der Waals surface area contributed by atoms with E-state index in [2.05, 4.69) is 32.2 Å². The number of hydrogen-bond donors (Lipinski definition) is 2. The predicted octanol–water partition coefficient (Wildman–Crippen LogP) is 3.96. The van der Waals surface area contributed by atoms with E-state index in [1.54, 1.807) is 0 Å². The summed E-state index contributed by atoms with van der Waals surface area (Å²) in [5.41, 5.74) is 9.12. The van der Waals surface area contributed by atoms with E-state index >= 15 is 0 Å². The molecule has 144 valence electrons. The van der Waals surface area contributed by atoms with Crippen LogP contribution in [-0.4, -0.2) is 18.4 Å². The van der Waals surface area contributed by atoms with Crippen LogP contribution in [0.1, 0.15) is 59.1 Å². The third kappa shape index (κ3) is 4.16. The van der Waals surface area contributed by atoms with Gasteiger partial charge in [0, 0.05) is 4.88 Å². The van der Waals surface area contributed by atoms with Gasteiger partial charge in [-0.1, -0.05) is 38.5 Å². The lowest BCUT2D eigenvalue weighted by Gasteiger charge is -2.23. The number of primary amides is 1. The highest BCUT2D eigenvalue weighted by atomic mass is 32.1. The largest absolute Gasteiger partial charge is 0.483 e. The average Bonchev–Trinajstić information content (AvgIpc) is 3.12. The highest BCUT2D eigenvalue weighted by Gasteiger charge is 2.26. The smallest absolute Gasteiger partial charge is 0.262 e. The lowest BCUT2D eigenvalue weighted by molar-refractivity contribution is -0.118. The lowest BCUT2D eigenvalue weighted by atomic mass is 9.85. The number of benzene rings is 1. The highest BCUT2D eigenvalue weighted by molar-refractivity contribution is 7.17. The van der Waals surface area contributed by atoms with Crippen LogP contribution in [0.15, 0.2) is 18.2 Å². The molecule has 6 heteroatoms. The summed E-state index contributed by atoms with van der Waals surface area (Å²) in [6, 6.07) is 5.96. The van der Waals surface area contributed by atoms with Crippen LogP contribution in [0.4, 0.5) is 5.00 Å². The third-order valence-electron chi connectivity index (χ3n) is 4.72. The normalized spacial score (nSPS) is 13.3. The molecule has 0 radical (unpaired) electrons. The van der Waals surface area contributed by atoms with Crippen LogP contribution in [0.5, 0.6) is 5.75 Å². The molecular formula is C21H26N2O3S. The first-order valence-corrected chi connectivity index (χ1v) is 9.96. The molecule has 0 saturated carbocycles. The van der Waals surface area contributed by atoms with Gasteiger partial charge in [0.1, 0.15) is 10.8 Å². The van der Waals surface area contributed by atoms with Gasteiger partial charge in [-0.25, -0.2) is 0 Å². The molecule has 0 atom stereocenters. The number of carbonyl (C=O) groups excluding carboxylic acids is 2. The molecule has 2 aromatic rings. The Balaban J connectivity index is 1.73. The number of rotatable bonds is 5. The van der Waals surface area contributed by atoms with Gasteiger partial charge in [-0.05, 0) is 48.8 Å². The van der Waals surface area contributed by atoms with Gasteiger partial charge in [0.25, 0.3) is 11.8 Å². The minimum Gasteiger partial charge on any atom is -0.483 e. The van der Waals surface area contributed by atoms with Crippen LogP contribution in [0.3, 0.4) is 0 Å². The second-order valence-electron chi connectivity index (χ2n) is 8.01. The van der Waals surface area contributed by atoms with Gasteiger partial charge in [-0.3, -0.25) is 9.59 Å². The third-order valence-corrected chi connectivity index (χ3v) is 5.93. The molecule has 3 N–H and O–H groups in total. The van der Waals surface area contributed by atoms with Crippen LogP contribution in [0, 0.1) is 6.92 Å². The molecule has 0 saturated heterocycles. The van der Waals surface area contributed by atoms with Gasteiger partial charge in [-0.2, -0.15) is 0 Å². The van der Waals surface area contributed by atoms with Crippen molar-refractivity contribution >= 4 is 28.2 Å². The Bertz CT molecular complexity index is 894. The summed E-state index contributed by atoms with van der Waals surface area (Å²) in [6.07, 6.45) is 2.81. The zero-order chi connectivity index (χ0) is 19.8. The summed E-state index contributed by atoms with van der Waals surface area (Å²) in [5.74, 6) is -0.0796. The molecule has 0 spiro atoms. The van der Waals surface area contributed by atoms with Gasteiger partial charge >= 0.3 is 0 Å². The number of nitrogens with one attached hydrogen (secondary N) is 1. The molecule has 27 heavy (non-hydrogen) atoms. The van der Waals surface area contributed by atoms with Crippen LogP contribution in [-0.2, 0) is 23.1 Å². The number of nitrogens with two attached hydrogens (primary N) is 1. The van der Waals surface area contributed by atoms with E-state index in [0.717, 1.165) is 40.8 Å². The number of hydrogen-bond acceptors (Lipinski definition) is 4. The number of carbonyl (C=O) groups is 2. The van der Waals surface area contributed by atoms with E-state index in [1.807, 2.05) is 19.1 Å². The van der Waals surface area contributed by atoms with Crippen molar-refractivity contribution in [2.45, 2.75) is 52.4 Å².